The zero-order valence-electron chi connectivity index (χ0n) is 16.4. The van der Waals surface area contributed by atoms with Gasteiger partial charge in [0.05, 0.1) is 19.6 Å². The average Bonchev–Trinajstić information content (AvgIpc) is 3.40. The molecule has 0 radical (unpaired) electrons. The standard InChI is InChI=1S/C21H28N4O3/c1-27-18-10-8-15(9-11-18)20-23-19(28-24-20)14-25-12-4-5-16(13-25)21(26)22-17-6-2-3-7-17/h8-11,16-17H,2-7,12-14H2,1H3,(H,22,26). The van der Waals surface area contributed by atoms with E-state index in [0.29, 0.717) is 24.3 Å². The third-order valence-corrected chi connectivity index (χ3v) is 5.75. The number of aromatic nitrogens is 2. The molecule has 1 aromatic carbocycles. The quantitative estimate of drug-likeness (QED) is 0.825. The number of ether oxygens (including phenoxy) is 1. The van der Waals surface area contributed by atoms with Crippen LogP contribution in [0.3, 0.4) is 0 Å². The molecule has 2 heterocycles. The van der Waals surface area contributed by atoms with Crippen molar-refractivity contribution in [3.8, 4) is 17.1 Å². The fourth-order valence-electron chi connectivity index (χ4n) is 4.17. The Morgan fingerprint density at radius 1 is 1.21 bits per heavy atom. The molecular weight excluding hydrogens is 356 g/mol. The summed E-state index contributed by atoms with van der Waals surface area (Å²) in [5.41, 5.74) is 0.892. The first-order chi connectivity index (χ1) is 13.7. The van der Waals surface area contributed by atoms with Crippen LogP contribution in [-0.2, 0) is 11.3 Å². The van der Waals surface area contributed by atoms with Gasteiger partial charge >= 0.3 is 0 Å². The fourth-order valence-corrected chi connectivity index (χ4v) is 4.17. The van der Waals surface area contributed by atoms with Crippen LogP contribution in [0.15, 0.2) is 28.8 Å². The van der Waals surface area contributed by atoms with Gasteiger partial charge in [-0.3, -0.25) is 9.69 Å². The highest BCUT2D eigenvalue weighted by Crippen LogP contribution is 2.23. The van der Waals surface area contributed by atoms with E-state index in [1.807, 2.05) is 24.3 Å². The Labute approximate surface area is 165 Å². The zero-order valence-corrected chi connectivity index (χ0v) is 16.4. The number of methoxy groups -OCH3 is 1. The summed E-state index contributed by atoms with van der Waals surface area (Å²) in [6, 6.07) is 7.97. The highest BCUT2D eigenvalue weighted by Gasteiger charge is 2.28. The normalized spacial score (nSPS) is 21.0. The molecule has 0 spiro atoms. The van der Waals surface area contributed by atoms with E-state index in [0.717, 1.165) is 50.1 Å². The predicted octanol–water partition coefficient (Wildman–Crippen LogP) is 3.02. The molecule has 4 rings (SSSR count). The highest BCUT2D eigenvalue weighted by molar-refractivity contribution is 5.79. The van der Waals surface area contributed by atoms with E-state index in [9.17, 15) is 4.79 Å². The molecule has 0 bridgehead atoms. The van der Waals surface area contributed by atoms with Crippen molar-refractivity contribution in [2.75, 3.05) is 20.2 Å². The molecular formula is C21H28N4O3. The molecule has 1 atom stereocenters. The number of nitrogens with zero attached hydrogens (tertiary/aromatic N) is 3. The summed E-state index contributed by atoms with van der Waals surface area (Å²) in [6.07, 6.45) is 6.68. The summed E-state index contributed by atoms with van der Waals surface area (Å²) in [5.74, 6) is 2.22. The largest absolute Gasteiger partial charge is 0.497 e. The summed E-state index contributed by atoms with van der Waals surface area (Å²) in [5, 5.41) is 7.34. The maximum absolute atomic E-state index is 12.6. The summed E-state index contributed by atoms with van der Waals surface area (Å²) < 4.78 is 10.6. The third kappa shape index (κ3) is 4.52. The molecule has 7 heteroatoms. The van der Waals surface area contributed by atoms with E-state index >= 15 is 0 Å². The Balaban J connectivity index is 1.33. The topological polar surface area (TPSA) is 80.5 Å². The lowest BCUT2D eigenvalue weighted by Gasteiger charge is -2.31. The molecule has 1 N–H and O–H groups in total. The van der Waals surface area contributed by atoms with Crippen molar-refractivity contribution in [2.45, 2.75) is 51.1 Å². The van der Waals surface area contributed by atoms with Gasteiger partial charge in [-0.05, 0) is 56.5 Å². The monoisotopic (exact) mass is 384 g/mol. The number of amides is 1. The number of rotatable bonds is 6. The molecule has 2 aromatic rings. The van der Waals surface area contributed by atoms with Crippen LogP contribution in [0, 0.1) is 5.92 Å². The summed E-state index contributed by atoms with van der Waals surface area (Å²) >= 11 is 0. The van der Waals surface area contributed by atoms with Gasteiger partial charge in [-0.2, -0.15) is 4.98 Å². The van der Waals surface area contributed by atoms with Crippen LogP contribution in [0.5, 0.6) is 5.75 Å². The Hall–Kier alpha value is -2.41. The molecule has 1 aliphatic carbocycles. The zero-order chi connectivity index (χ0) is 19.3. The Bertz CT molecular complexity index is 783. The number of carbonyl (C=O) groups is 1. The van der Waals surface area contributed by atoms with Crippen molar-refractivity contribution in [1.82, 2.24) is 20.4 Å². The minimum Gasteiger partial charge on any atom is -0.497 e. The second-order valence-corrected chi connectivity index (χ2v) is 7.80. The van der Waals surface area contributed by atoms with Crippen LogP contribution < -0.4 is 10.1 Å². The molecule has 2 aliphatic rings. The van der Waals surface area contributed by atoms with Gasteiger partial charge in [0, 0.05) is 18.2 Å². The molecule has 1 unspecified atom stereocenters. The smallest absolute Gasteiger partial charge is 0.241 e. The van der Waals surface area contributed by atoms with Crippen LogP contribution in [-0.4, -0.2) is 47.2 Å². The van der Waals surface area contributed by atoms with Crippen LogP contribution in [0.25, 0.3) is 11.4 Å². The van der Waals surface area contributed by atoms with Crippen LogP contribution in [0.4, 0.5) is 0 Å². The van der Waals surface area contributed by atoms with Crippen LogP contribution in [0.1, 0.15) is 44.4 Å². The van der Waals surface area contributed by atoms with Gasteiger partial charge in [0.15, 0.2) is 0 Å². The Morgan fingerprint density at radius 3 is 2.75 bits per heavy atom. The van der Waals surface area contributed by atoms with E-state index in [4.69, 9.17) is 9.26 Å². The number of hydrogen-bond donors (Lipinski definition) is 1. The average molecular weight is 384 g/mol. The number of carbonyl (C=O) groups excluding carboxylic acids is 1. The van der Waals surface area contributed by atoms with E-state index in [-0.39, 0.29) is 11.8 Å². The molecule has 1 amide bonds. The third-order valence-electron chi connectivity index (χ3n) is 5.75. The minimum absolute atomic E-state index is 0.0540. The van der Waals surface area contributed by atoms with E-state index in [1.54, 1.807) is 7.11 Å². The van der Waals surface area contributed by atoms with Gasteiger partial charge in [-0.15, -0.1) is 0 Å². The van der Waals surface area contributed by atoms with Crippen molar-refractivity contribution in [2.24, 2.45) is 5.92 Å². The van der Waals surface area contributed by atoms with Gasteiger partial charge in [0.2, 0.25) is 17.6 Å². The first kappa shape index (κ1) is 18.9. The second kappa shape index (κ2) is 8.73. The van der Waals surface area contributed by atoms with Gasteiger partial charge in [0.25, 0.3) is 0 Å². The Kier molecular flexibility index (Phi) is 5.90. The summed E-state index contributed by atoms with van der Waals surface area (Å²) in [6.45, 7) is 2.28. The van der Waals surface area contributed by atoms with Crippen molar-refractivity contribution in [3.05, 3.63) is 30.2 Å². The predicted molar refractivity (Wildman–Crippen MR) is 105 cm³/mol. The molecule has 1 saturated heterocycles. The number of piperidine rings is 1. The van der Waals surface area contributed by atoms with E-state index < -0.39 is 0 Å². The van der Waals surface area contributed by atoms with Crippen molar-refractivity contribution in [3.63, 3.8) is 0 Å². The lowest BCUT2D eigenvalue weighted by molar-refractivity contribution is -0.127. The number of nitrogens with one attached hydrogen (secondary N) is 1. The molecule has 1 aliphatic heterocycles. The minimum atomic E-state index is 0.0540. The van der Waals surface area contributed by atoms with E-state index in [2.05, 4.69) is 20.4 Å². The first-order valence-corrected chi connectivity index (χ1v) is 10.2. The first-order valence-electron chi connectivity index (χ1n) is 10.2. The van der Waals surface area contributed by atoms with Gasteiger partial charge in [-0.25, -0.2) is 0 Å². The molecule has 2 fully saturated rings. The summed E-state index contributed by atoms with van der Waals surface area (Å²) in [7, 11) is 1.64. The maximum Gasteiger partial charge on any atom is 0.241 e. The van der Waals surface area contributed by atoms with Crippen LogP contribution in [0.2, 0.25) is 0 Å². The van der Waals surface area contributed by atoms with Crippen molar-refractivity contribution >= 4 is 5.91 Å². The molecule has 7 nitrogen and oxygen atoms in total. The number of benzene rings is 1. The lowest BCUT2D eigenvalue weighted by atomic mass is 9.96. The van der Waals surface area contributed by atoms with Gasteiger partial charge in [0.1, 0.15) is 5.75 Å². The number of likely N-dealkylation sites (tertiary alicyclic amines) is 1. The maximum atomic E-state index is 12.6. The summed E-state index contributed by atoms with van der Waals surface area (Å²) in [4.78, 5) is 19.4. The molecule has 1 saturated carbocycles. The van der Waals surface area contributed by atoms with Crippen molar-refractivity contribution < 1.29 is 14.1 Å². The second-order valence-electron chi connectivity index (χ2n) is 7.80. The lowest BCUT2D eigenvalue weighted by Crippen LogP contribution is -2.45. The van der Waals surface area contributed by atoms with E-state index in [1.165, 1.54) is 12.8 Å². The molecule has 150 valence electrons. The van der Waals surface area contributed by atoms with Gasteiger partial charge < -0.3 is 14.6 Å². The molecule has 28 heavy (non-hydrogen) atoms. The highest BCUT2D eigenvalue weighted by atomic mass is 16.5. The molecule has 1 aromatic heterocycles. The van der Waals surface area contributed by atoms with Gasteiger partial charge in [-0.1, -0.05) is 18.0 Å². The van der Waals surface area contributed by atoms with Crippen molar-refractivity contribution in [1.29, 1.82) is 0 Å². The Morgan fingerprint density at radius 2 is 2.00 bits per heavy atom. The number of hydrogen-bond acceptors (Lipinski definition) is 6. The fraction of sp³-hybridized carbons (Fsp3) is 0.571. The SMILES string of the molecule is COc1ccc(-c2noc(CN3CCCC(C(=O)NC4CCCC4)C3)n2)cc1. The van der Waals surface area contributed by atoms with Crippen LogP contribution >= 0.6 is 0 Å².